The normalized spacial score (nSPS) is 12.3. The molecule has 1 aromatic carbocycles. The molecule has 2 amide bonds. The van der Waals surface area contributed by atoms with E-state index in [9.17, 15) is 9.59 Å². The number of benzene rings is 1. The number of allylic oxidation sites excluding steroid dienone is 14. The number of methoxy groups -OCH3 is 2. The highest BCUT2D eigenvalue weighted by atomic mass is 16.7. The number of hydrogen-bond donors (Lipinski definition) is 2. The van der Waals surface area contributed by atoms with E-state index in [-0.39, 0.29) is 25.4 Å². The second-order valence-electron chi connectivity index (χ2n) is 12.1. The predicted molar refractivity (Wildman–Crippen MR) is 224 cm³/mol. The van der Waals surface area contributed by atoms with Crippen LogP contribution in [0.4, 0.5) is 0 Å². The highest BCUT2D eigenvalue weighted by molar-refractivity contribution is 5.87. The van der Waals surface area contributed by atoms with Crippen LogP contribution in [0.25, 0.3) is 6.08 Å². The maximum Gasteiger partial charge on any atom is 0.243 e. The highest BCUT2D eigenvalue weighted by Crippen LogP contribution is 2.29. The van der Waals surface area contributed by atoms with Crippen LogP contribution in [0.3, 0.4) is 0 Å². The molecule has 0 bridgehead atoms. The van der Waals surface area contributed by atoms with Crippen molar-refractivity contribution >= 4 is 17.9 Å². The summed E-state index contributed by atoms with van der Waals surface area (Å²) in [6.45, 7) is 5.12. The van der Waals surface area contributed by atoms with Crippen LogP contribution in [0.5, 0.6) is 11.5 Å². The third-order valence-electron chi connectivity index (χ3n) is 7.43. The first kappa shape index (κ1) is 48.5. The summed E-state index contributed by atoms with van der Waals surface area (Å²) in [4.78, 5) is 24.3. The summed E-state index contributed by atoms with van der Waals surface area (Å²) < 4.78 is 32.2. The lowest BCUT2D eigenvalue weighted by atomic mass is 10.2. The molecule has 2 N–H and O–H groups in total. The monoisotopic (exact) mass is 762 g/mol. The molecule has 0 saturated heterocycles. The minimum atomic E-state index is -0.181. The van der Waals surface area contributed by atoms with Crippen molar-refractivity contribution in [1.82, 2.24) is 10.6 Å². The SMILES string of the molecule is CCC=CCC=CCC=CCC=CCC=CCC=CCCC(=O)NCCCCNC(=O)C=CC=Cc1ccc(OCOCCOC)c(OCOCCOC)c1. The first-order chi connectivity index (χ1) is 27.1. The summed E-state index contributed by atoms with van der Waals surface area (Å²) >= 11 is 0. The van der Waals surface area contributed by atoms with Crippen molar-refractivity contribution in [2.24, 2.45) is 0 Å². The van der Waals surface area contributed by atoms with Gasteiger partial charge in [-0.3, -0.25) is 9.59 Å². The molecule has 0 aliphatic carbocycles. The van der Waals surface area contributed by atoms with E-state index in [0.29, 0.717) is 57.4 Å². The lowest BCUT2D eigenvalue weighted by Gasteiger charge is -2.14. The van der Waals surface area contributed by atoms with Crippen molar-refractivity contribution in [1.29, 1.82) is 0 Å². The number of amides is 2. The molecule has 0 heterocycles. The summed E-state index contributed by atoms with van der Waals surface area (Å²) in [5, 5.41) is 5.82. The second kappa shape index (κ2) is 37.8. The maximum absolute atomic E-state index is 12.2. The van der Waals surface area contributed by atoms with E-state index in [0.717, 1.165) is 63.4 Å². The van der Waals surface area contributed by atoms with Gasteiger partial charge < -0.3 is 39.1 Å². The lowest BCUT2D eigenvalue weighted by molar-refractivity contribution is -0.121. The number of ether oxygens (including phenoxy) is 6. The molecular weight excluding hydrogens is 697 g/mol. The van der Waals surface area contributed by atoms with Gasteiger partial charge in [-0.2, -0.15) is 0 Å². The molecule has 0 radical (unpaired) electrons. The molecule has 0 unspecified atom stereocenters. The van der Waals surface area contributed by atoms with Crippen molar-refractivity contribution < 1.29 is 38.0 Å². The Hall–Kier alpha value is -4.48. The van der Waals surface area contributed by atoms with Gasteiger partial charge in [-0.15, -0.1) is 0 Å². The third-order valence-corrected chi connectivity index (χ3v) is 7.43. The van der Waals surface area contributed by atoms with Crippen LogP contribution >= 0.6 is 0 Å². The van der Waals surface area contributed by atoms with Gasteiger partial charge in [-0.05, 0) is 75.5 Å². The van der Waals surface area contributed by atoms with Crippen LogP contribution < -0.4 is 20.1 Å². The number of hydrogen-bond acceptors (Lipinski definition) is 8. The fourth-order valence-corrected chi connectivity index (χ4v) is 4.47. The van der Waals surface area contributed by atoms with E-state index in [1.807, 2.05) is 18.2 Å². The Labute approximate surface area is 330 Å². The van der Waals surface area contributed by atoms with Gasteiger partial charge >= 0.3 is 0 Å². The molecule has 0 aliphatic heterocycles. The third kappa shape index (κ3) is 31.6. The van der Waals surface area contributed by atoms with Crippen LogP contribution in [0, 0.1) is 0 Å². The van der Waals surface area contributed by atoms with Gasteiger partial charge in [0.1, 0.15) is 0 Å². The average Bonchev–Trinajstić information content (AvgIpc) is 3.19. The van der Waals surface area contributed by atoms with Gasteiger partial charge in [0.25, 0.3) is 0 Å². The quantitative estimate of drug-likeness (QED) is 0.0236. The molecule has 55 heavy (non-hydrogen) atoms. The number of carbonyl (C=O) groups excluding carboxylic acids is 2. The Balaban J connectivity index is 2.18. The molecule has 10 nitrogen and oxygen atoms in total. The van der Waals surface area contributed by atoms with Crippen molar-refractivity contribution in [3.63, 3.8) is 0 Å². The molecule has 1 rings (SSSR count). The van der Waals surface area contributed by atoms with Gasteiger partial charge in [0.15, 0.2) is 25.1 Å². The van der Waals surface area contributed by atoms with E-state index < -0.39 is 0 Å². The number of rotatable bonds is 34. The standard InChI is InChI=1S/C45H66N2O8/c1-4-5-6-7-8-9-10-11-12-13-14-15-16-17-18-19-20-21-22-28-44(48)46-32-25-26-33-47-45(49)29-24-23-27-41-30-31-42(54-39-52-36-34-50-2)43(38-41)55-40-53-37-35-51-3/h5-6,8-9,11-12,14-15,17-18,20-21,23-24,27,29-31,38H,4,7,10,13,16,19,22,25-26,28,32-37,39-40H2,1-3H3,(H,46,48)(H,47,49). The Kier molecular flexibility index (Phi) is 33.4. The molecule has 1 aromatic rings. The van der Waals surface area contributed by atoms with Crippen LogP contribution in [0.2, 0.25) is 0 Å². The molecule has 0 aromatic heterocycles. The van der Waals surface area contributed by atoms with Gasteiger partial charge in [-0.1, -0.05) is 104 Å². The van der Waals surface area contributed by atoms with Crippen LogP contribution in [0.15, 0.2) is 109 Å². The molecule has 0 fully saturated rings. The maximum atomic E-state index is 12.2. The Morgan fingerprint density at radius 3 is 1.71 bits per heavy atom. The average molecular weight is 763 g/mol. The van der Waals surface area contributed by atoms with Crippen LogP contribution in [-0.2, 0) is 28.5 Å². The van der Waals surface area contributed by atoms with Crippen molar-refractivity contribution in [3.8, 4) is 11.5 Å². The zero-order valence-electron chi connectivity index (χ0n) is 33.5. The lowest BCUT2D eigenvalue weighted by Crippen LogP contribution is -2.26. The first-order valence-corrected chi connectivity index (χ1v) is 19.4. The molecule has 10 heteroatoms. The fourth-order valence-electron chi connectivity index (χ4n) is 4.47. The highest BCUT2D eigenvalue weighted by Gasteiger charge is 2.07. The van der Waals surface area contributed by atoms with Crippen molar-refractivity contribution in [3.05, 3.63) is 115 Å². The predicted octanol–water partition coefficient (Wildman–Crippen LogP) is 8.75. The summed E-state index contributed by atoms with van der Waals surface area (Å²) in [6, 6.07) is 5.48. The minimum Gasteiger partial charge on any atom is -0.464 e. The van der Waals surface area contributed by atoms with E-state index >= 15 is 0 Å². The van der Waals surface area contributed by atoms with Crippen molar-refractivity contribution in [2.75, 3.05) is 67.3 Å². The van der Waals surface area contributed by atoms with Crippen LogP contribution in [0.1, 0.15) is 76.7 Å². The van der Waals surface area contributed by atoms with E-state index in [2.05, 4.69) is 90.5 Å². The van der Waals surface area contributed by atoms with Gasteiger partial charge in [0, 0.05) is 39.8 Å². The Morgan fingerprint density at radius 1 is 0.618 bits per heavy atom. The number of nitrogens with one attached hydrogen (secondary N) is 2. The largest absolute Gasteiger partial charge is 0.464 e. The van der Waals surface area contributed by atoms with Crippen LogP contribution in [-0.4, -0.2) is 79.1 Å². The Morgan fingerprint density at radius 2 is 1.15 bits per heavy atom. The molecular formula is C45H66N2O8. The molecule has 0 spiro atoms. The molecule has 0 saturated carbocycles. The fraction of sp³-hybridized carbons (Fsp3) is 0.467. The number of unbranched alkanes of at least 4 members (excludes halogenated alkanes) is 1. The summed E-state index contributed by atoms with van der Waals surface area (Å²) in [7, 11) is 3.21. The van der Waals surface area contributed by atoms with E-state index in [1.165, 1.54) is 6.08 Å². The number of carbonyl (C=O) groups is 2. The van der Waals surface area contributed by atoms with E-state index in [1.54, 1.807) is 32.4 Å². The zero-order chi connectivity index (χ0) is 39.7. The molecule has 0 atom stereocenters. The molecule has 304 valence electrons. The minimum absolute atomic E-state index is 0.0366. The Bertz CT molecular complexity index is 1360. The van der Waals surface area contributed by atoms with E-state index in [4.69, 9.17) is 28.4 Å². The first-order valence-electron chi connectivity index (χ1n) is 19.4. The summed E-state index contributed by atoms with van der Waals surface area (Å²) in [5.74, 6) is 0.874. The van der Waals surface area contributed by atoms with Gasteiger partial charge in [-0.25, -0.2) is 0 Å². The van der Waals surface area contributed by atoms with Crippen molar-refractivity contribution in [2.45, 2.75) is 71.1 Å². The van der Waals surface area contributed by atoms with Gasteiger partial charge in [0.05, 0.1) is 26.4 Å². The smallest absolute Gasteiger partial charge is 0.243 e. The molecule has 0 aliphatic rings. The summed E-state index contributed by atoms with van der Waals surface area (Å²) in [6.07, 6.45) is 41.4. The van der Waals surface area contributed by atoms with Gasteiger partial charge in [0.2, 0.25) is 11.8 Å². The second-order valence-corrected chi connectivity index (χ2v) is 12.1. The zero-order valence-corrected chi connectivity index (χ0v) is 33.5. The summed E-state index contributed by atoms with van der Waals surface area (Å²) in [5.41, 5.74) is 0.851. The topological polar surface area (TPSA) is 114 Å².